The number of ether oxygens (including phenoxy) is 2. The van der Waals surface area contributed by atoms with Gasteiger partial charge in [0.2, 0.25) is 5.91 Å². The van der Waals surface area contributed by atoms with Crippen LogP contribution in [0, 0.1) is 6.92 Å². The number of Topliss-reactive ketones (excluding diaryl/α,β-unsaturated/α-hetero) is 1. The Bertz CT molecular complexity index is 1140. The molecule has 0 bridgehead atoms. The predicted molar refractivity (Wildman–Crippen MR) is 128 cm³/mol. The minimum absolute atomic E-state index is 0.0107. The lowest BCUT2D eigenvalue weighted by Crippen LogP contribution is -2.40. The highest BCUT2D eigenvalue weighted by atomic mass is 16.5. The summed E-state index contributed by atoms with van der Waals surface area (Å²) in [6, 6.07) is 21.2. The van der Waals surface area contributed by atoms with E-state index in [2.05, 4.69) is 0 Å². The molecule has 0 N–H and O–H groups in total. The number of rotatable bonds is 7. The zero-order valence-corrected chi connectivity index (χ0v) is 19.3. The van der Waals surface area contributed by atoms with E-state index in [0.29, 0.717) is 23.6 Å². The van der Waals surface area contributed by atoms with Crippen LogP contribution >= 0.6 is 0 Å². The van der Waals surface area contributed by atoms with Crippen molar-refractivity contribution < 1.29 is 19.1 Å². The number of ketones is 1. The van der Waals surface area contributed by atoms with Gasteiger partial charge in [-0.25, -0.2) is 0 Å². The zero-order chi connectivity index (χ0) is 23.4. The van der Waals surface area contributed by atoms with Crippen molar-refractivity contribution in [3.05, 3.63) is 94.5 Å². The molecule has 3 aromatic carbocycles. The zero-order valence-electron chi connectivity index (χ0n) is 19.3. The fourth-order valence-electron chi connectivity index (χ4n) is 4.46. The largest absolute Gasteiger partial charge is 0.493 e. The van der Waals surface area contributed by atoms with Crippen molar-refractivity contribution in [2.45, 2.75) is 32.2 Å². The van der Waals surface area contributed by atoms with Gasteiger partial charge >= 0.3 is 0 Å². The molecule has 1 aliphatic rings. The molecule has 0 aliphatic carbocycles. The summed E-state index contributed by atoms with van der Waals surface area (Å²) in [5.74, 6) is 1.29. The third-order valence-corrected chi connectivity index (χ3v) is 6.25. The van der Waals surface area contributed by atoms with Crippen LogP contribution in [0.25, 0.3) is 0 Å². The van der Waals surface area contributed by atoms with Crippen molar-refractivity contribution in [1.82, 2.24) is 4.90 Å². The second kappa shape index (κ2) is 9.90. The van der Waals surface area contributed by atoms with Gasteiger partial charge in [-0.3, -0.25) is 9.59 Å². The third-order valence-electron chi connectivity index (χ3n) is 6.25. The van der Waals surface area contributed by atoms with E-state index in [0.717, 1.165) is 28.7 Å². The molecule has 5 heteroatoms. The first-order chi connectivity index (χ1) is 16.0. The van der Waals surface area contributed by atoms with Crippen LogP contribution in [-0.4, -0.2) is 37.4 Å². The monoisotopic (exact) mass is 443 g/mol. The average molecular weight is 444 g/mol. The van der Waals surface area contributed by atoms with Gasteiger partial charge in [-0.2, -0.15) is 0 Å². The average Bonchev–Trinajstić information content (AvgIpc) is 2.86. The van der Waals surface area contributed by atoms with Gasteiger partial charge in [0, 0.05) is 24.9 Å². The standard InChI is InChI=1S/C28H29NO4/c1-19-9-11-20(12-10-19)24(30)13-14-27(31)29-16-15-22-17-25(32-2)26(33-3)18-23(22)28(29)21-7-5-4-6-8-21/h4-12,17-18,28H,13-16H2,1-3H3. The maximum atomic E-state index is 13.4. The Labute approximate surface area is 194 Å². The van der Waals surface area contributed by atoms with Gasteiger partial charge in [0.05, 0.1) is 20.3 Å². The summed E-state index contributed by atoms with van der Waals surface area (Å²) in [6.07, 6.45) is 1.09. The van der Waals surface area contributed by atoms with Gasteiger partial charge in [-0.05, 0) is 42.2 Å². The number of hydrogen-bond acceptors (Lipinski definition) is 4. The van der Waals surface area contributed by atoms with E-state index in [4.69, 9.17) is 9.47 Å². The van der Waals surface area contributed by atoms with E-state index < -0.39 is 0 Å². The first-order valence-electron chi connectivity index (χ1n) is 11.2. The maximum Gasteiger partial charge on any atom is 0.223 e. The van der Waals surface area contributed by atoms with Crippen molar-refractivity contribution in [3.8, 4) is 11.5 Å². The molecule has 0 spiro atoms. The topological polar surface area (TPSA) is 55.8 Å². The second-order valence-corrected chi connectivity index (χ2v) is 8.35. The number of hydrogen-bond donors (Lipinski definition) is 0. The first kappa shape index (κ1) is 22.6. The molecule has 0 saturated heterocycles. The Balaban J connectivity index is 1.61. The van der Waals surface area contributed by atoms with Crippen LogP contribution in [-0.2, 0) is 11.2 Å². The van der Waals surface area contributed by atoms with Gasteiger partial charge in [0.15, 0.2) is 17.3 Å². The van der Waals surface area contributed by atoms with Gasteiger partial charge in [-0.1, -0.05) is 60.2 Å². The molecular formula is C28H29NO4. The van der Waals surface area contributed by atoms with E-state index in [-0.39, 0.29) is 30.6 Å². The number of carbonyl (C=O) groups is 2. The molecule has 5 nitrogen and oxygen atoms in total. The van der Waals surface area contributed by atoms with E-state index >= 15 is 0 Å². The van der Waals surface area contributed by atoms with Gasteiger partial charge < -0.3 is 14.4 Å². The molecule has 1 atom stereocenters. The molecule has 3 aromatic rings. The van der Waals surface area contributed by atoms with Crippen molar-refractivity contribution in [1.29, 1.82) is 0 Å². The highest BCUT2D eigenvalue weighted by Crippen LogP contribution is 2.41. The van der Waals surface area contributed by atoms with Crippen molar-refractivity contribution in [3.63, 3.8) is 0 Å². The molecule has 0 aromatic heterocycles. The number of benzene rings is 3. The molecule has 1 heterocycles. The summed E-state index contributed by atoms with van der Waals surface area (Å²) in [6.45, 7) is 2.57. The van der Waals surface area contributed by atoms with Crippen LogP contribution in [0.1, 0.15) is 51.5 Å². The minimum Gasteiger partial charge on any atom is -0.493 e. The summed E-state index contributed by atoms with van der Waals surface area (Å²) < 4.78 is 11.0. The maximum absolute atomic E-state index is 13.4. The number of fused-ring (bicyclic) bond motifs is 1. The van der Waals surface area contributed by atoms with Crippen LogP contribution in [0.3, 0.4) is 0 Å². The summed E-state index contributed by atoms with van der Waals surface area (Å²) >= 11 is 0. The van der Waals surface area contributed by atoms with Crippen LogP contribution in [0.5, 0.6) is 11.5 Å². The highest BCUT2D eigenvalue weighted by molar-refractivity contribution is 5.98. The first-order valence-corrected chi connectivity index (χ1v) is 11.2. The lowest BCUT2D eigenvalue weighted by molar-refractivity contribution is -0.133. The molecule has 1 aliphatic heterocycles. The molecule has 33 heavy (non-hydrogen) atoms. The molecule has 170 valence electrons. The van der Waals surface area contributed by atoms with Gasteiger partial charge in [0.25, 0.3) is 0 Å². The summed E-state index contributed by atoms with van der Waals surface area (Å²) in [4.78, 5) is 27.9. The molecule has 0 saturated carbocycles. The Hall–Kier alpha value is -3.60. The molecule has 1 unspecified atom stereocenters. The van der Waals surface area contributed by atoms with Crippen molar-refractivity contribution in [2.75, 3.05) is 20.8 Å². The third kappa shape index (κ3) is 4.77. The second-order valence-electron chi connectivity index (χ2n) is 8.35. The predicted octanol–water partition coefficient (Wildman–Crippen LogP) is 5.15. The smallest absolute Gasteiger partial charge is 0.223 e. The van der Waals surface area contributed by atoms with E-state index in [1.807, 2.05) is 78.6 Å². The normalized spacial score (nSPS) is 15.0. The summed E-state index contributed by atoms with van der Waals surface area (Å²) in [7, 11) is 3.24. The van der Waals surface area contributed by atoms with Crippen LogP contribution in [0.2, 0.25) is 0 Å². The fraction of sp³-hybridized carbons (Fsp3) is 0.286. The Morgan fingerprint density at radius 3 is 2.24 bits per heavy atom. The SMILES string of the molecule is COc1cc2c(cc1OC)C(c1ccccc1)N(C(=O)CCC(=O)c1ccc(C)cc1)CC2. The lowest BCUT2D eigenvalue weighted by atomic mass is 9.87. The van der Waals surface area contributed by atoms with Gasteiger partial charge in [0.1, 0.15) is 0 Å². The molecule has 1 amide bonds. The Morgan fingerprint density at radius 1 is 0.909 bits per heavy atom. The van der Waals surface area contributed by atoms with Crippen LogP contribution in [0.15, 0.2) is 66.7 Å². The highest BCUT2D eigenvalue weighted by Gasteiger charge is 2.33. The van der Waals surface area contributed by atoms with E-state index in [1.165, 1.54) is 0 Å². The quantitative estimate of drug-likeness (QED) is 0.474. The van der Waals surface area contributed by atoms with Crippen LogP contribution < -0.4 is 9.47 Å². The van der Waals surface area contributed by atoms with Crippen molar-refractivity contribution >= 4 is 11.7 Å². The number of aryl methyl sites for hydroxylation is 1. The van der Waals surface area contributed by atoms with Crippen molar-refractivity contribution in [2.24, 2.45) is 0 Å². The summed E-state index contributed by atoms with van der Waals surface area (Å²) in [5, 5.41) is 0. The number of carbonyl (C=O) groups excluding carboxylic acids is 2. The minimum atomic E-state index is -0.239. The van der Waals surface area contributed by atoms with Gasteiger partial charge in [-0.15, -0.1) is 0 Å². The van der Waals surface area contributed by atoms with Crippen LogP contribution in [0.4, 0.5) is 0 Å². The van der Waals surface area contributed by atoms with E-state index in [1.54, 1.807) is 14.2 Å². The molecular weight excluding hydrogens is 414 g/mol. The fourth-order valence-corrected chi connectivity index (χ4v) is 4.46. The Kier molecular flexibility index (Phi) is 6.78. The molecule has 4 rings (SSSR count). The summed E-state index contributed by atoms with van der Waals surface area (Å²) in [5.41, 5.74) is 4.95. The molecule has 0 fully saturated rings. The number of amides is 1. The number of methoxy groups -OCH3 is 2. The number of nitrogens with zero attached hydrogens (tertiary/aromatic N) is 1. The van der Waals surface area contributed by atoms with E-state index in [9.17, 15) is 9.59 Å². The Morgan fingerprint density at radius 2 is 1.58 bits per heavy atom. The lowest BCUT2D eigenvalue weighted by Gasteiger charge is -2.38. The molecule has 0 radical (unpaired) electrons.